The maximum absolute atomic E-state index is 9.31. The van der Waals surface area contributed by atoms with E-state index in [1.165, 1.54) is 6.42 Å². The molecular formula is C10H12BrNO. The van der Waals surface area contributed by atoms with Gasteiger partial charge < -0.3 is 5.11 Å². The van der Waals surface area contributed by atoms with Crippen molar-refractivity contribution in [1.29, 1.82) is 0 Å². The lowest BCUT2D eigenvalue weighted by Crippen LogP contribution is -2.38. The summed E-state index contributed by atoms with van der Waals surface area (Å²) in [6.45, 7) is 0.224. The molecule has 0 bridgehead atoms. The molecule has 2 nitrogen and oxygen atoms in total. The number of halogens is 1. The van der Waals surface area contributed by atoms with Crippen LogP contribution in [0.1, 0.15) is 25.0 Å². The molecule has 2 rings (SSSR count). The lowest BCUT2D eigenvalue weighted by molar-refractivity contribution is 0.116. The summed E-state index contributed by atoms with van der Waals surface area (Å²) in [5.41, 5.74) is 1.00. The largest absolute Gasteiger partial charge is 0.395 e. The van der Waals surface area contributed by atoms with Crippen molar-refractivity contribution in [3.63, 3.8) is 0 Å². The van der Waals surface area contributed by atoms with Gasteiger partial charge in [0.05, 0.1) is 6.61 Å². The van der Waals surface area contributed by atoms with Gasteiger partial charge in [0.2, 0.25) is 0 Å². The fourth-order valence-electron chi connectivity index (χ4n) is 1.79. The van der Waals surface area contributed by atoms with E-state index in [9.17, 15) is 5.11 Å². The highest BCUT2D eigenvalue weighted by Gasteiger charge is 2.39. The summed E-state index contributed by atoms with van der Waals surface area (Å²) in [4.78, 5) is 4.34. The highest BCUT2D eigenvalue weighted by atomic mass is 79.9. The molecule has 1 fully saturated rings. The number of aromatic nitrogens is 1. The van der Waals surface area contributed by atoms with E-state index in [4.69, 9.17) is 0 Å². The molecule has 1 saturated carbocycles. The summed E-state index contributed by atoms with van der Waals surface area (Å²) in [7, 11) is 0. The van der Waals surface area contributed by atoms with Crippen molar-refractivity contribution < 1.29 is 5.11 Å². The van der Waals surface area contributed by atoms with Gasteiger partial charge in [0.15, 0.2) is 0 Å². The Morgan fingerprint density at radius 1 is 1.46 bits per heavy atom. The second-order valence-electron chi connectivity index (χ2n) is 3.65. The summed E-state index contributed by atoms with van der Waals surface area (Å²) < 4.78 is 0.990. The van der Waals surface area contributed by atoms with E-state index in [-0.39, 0.29) is 12.0 Å². The first kappa shape index (κ1) is 9.16. The van der Waals surface area contributed by atoms with Crippen molar-refractivity contribution in [2.45, 2.75) is 24.7 Å². The zero-order valence-corrected chi connectivity index (χ0v) is 8.92. The van der Waals surface area contributed by atoms with Gasteiger partial charge in [-0.3, -0.25) is 4.98 Å². The second kappa shape index (κ2) is 3.39. The normalized spacial score (nSPS) is 19.5. The number of hydrogen-bond donors (Lipinski definition) is 1. The SMILES string of the molecule is OCC1(c2ccc(Br)cn2)CCC1. The molecular weight excluding hydrogens is 230 g/mol. The van der Waals surface area contributed by atoms with Crippen LogP contribution in [0.3, 0.4) is 0 Å². The van der Waals surface area contributed by atoms with Crippen molar-refractivity contribution >= 4 is 15.9 Å². The number of aliphatic hydroxyl groups excluding tert-OH is 1. The third-order valence-electron chi connectivity index (χ3n) is 2.88. The van der Waals surface area contributed by atoms with Gasteiger partial charge in [-0.15, -0.1) is 0 Å². The van der Waals surface area contributed by atoms with E-state index in [2.05, 4.69) is 20.9 Å². The molecule has 0 spiro atoms. The van der Waals surface area contributed by atoms with Crippen molar-refractivity contribution in [1.82, 2.24) is 4.98 Å². The molecule has 0 amide bonds. The summed E-state index contributed by atoms with van der Waals surface area (Å²) in [5, 5.41) is 9.31. The lowest BCUT2D eigenvalue weighted by atomic mass is 9.67. The van der Waals surface area contributed by atoms with E-state index >= 15 is 0 Å². The molecule has 0 aliphatic heterocycles. The summed E-state index contributed by atoms with van der Waals surface area (Å²) in [6.07, 6.45) is 5.14. The second-order valence-corrected chi connectivity index (χ2v) is 4.57. The monoisotopic (exact) mass is 241 g/mol. The average molecular weight is 242 g/mol. The minimum atomic E-state index is -0.0271. The average Bonchev–Trinajstić information content (AvgIpc) is 2.07. The van der Waals surface area contributed by atoms with Crippen LogP contribution in [-0.4, -0.2) is 16.7 Å². The maximum Gasteiger partial charge on any atom is 0.0543 e. The van der Waals surface area contributed by atoms with Crippen LogP contribution in [-0.2, 0) is 5.41 Å². The quantitative estimate of drug-likeness (QED) is 0.862. The van der Waals surface area contributed by atoms with Crippen LogP contribution in [0.5, 0.6) is 0 Å². The van der Waals surface area contributed by atoms with Crippen molar-refractivity contribution in [3.8, 4) is 0 Å². The van der Waals surface area contributed by atoms with Crippen molar-refractivity contribution in [3.05, 3.63) is 28.5 Å². The molecule has 3 heteroatoms. The minimum absolute atomic E-state index is 0.0271. The smallest absolute Gasteiger partial charge is 0.0543 e. The summed E-state index contributed by atoms with van der Waals surface area (Å²) >= 11 is 3.35. The number of pyridine rings is 1. The predicted octanol–water partition coefficient (Wildman–Crippen LogP) is 2.26. The molecule has 1 heterocycles. The first-order chi connectivity index (χ1) is 6.27. The van der Waals surface area contributed by atoms with Crippen LogP contribution in [0, 0.1) is 0 Å². The van der Waals surface area contributed by atoms with Gasteiger partial charge >= 0.3 is 0 Å². The highest BCUT2D eigenvalue weighted by Crippen LogP contribution is 2.42. The molecule has 1 aromatic rings. The minimum Gasteiger partial charge on any atom is -0.395 e. The van der Waals surface area contributed by atoms with Gasteiger partial charge in [-0.05, 0) is 40.9 Å². The molecule has 1 aliphatic carbocycles. The highest BCUT2D eigenvalue weighted by molar-refractivity contribution is 9.10. The fraction of sp³-hybridized carbons (Fsp3) is 0.500. The van der Waals surface area contributed by atoms with Crippen LogP contribution in [0.25, 0.3) is 0 Å². The molecule has 0 saturated heterocycles. The Morgan fingerprint density at radius 3 is 2.62 bits per heavy atom. The molecule has 1 aromatic heterocycles. The zero-order chi connectivity index (χ0) is 9.31. The van der Waals surface area contributed by atoms with Gasteiger partial charge in [-0.1, -0.05) is 6.42 Å². The maximum atomic E-state index is 9.31. The Balaban J connectivity index is 2.28. The molecule has 0 radical (unpaired) electrons. The van der Waals surface area contributed by atoms with Crippen molar-refractivity contribution in [2.75, 3.05) is 6.61 Å². The van der Waals surface area contributed by atoms with Crippen LogP contribution in [0.4, 0.5) is 0 Å². The van der Waals surface area contributed by atoms with E-state index < -0.39 is 0 Å². The van der Waals surface area contributed by atoms with Crippen molar-refractivity contribution in [2.24, 2.45) is 0 Å². The predicted molar refractivity (Wildman–Crippen MR) is 54.6 cm³/mol. The number of nitrogens with zero attached hydrogens (tertiary/aromatic N) is 1. The Labute approximate surface area is 86.1 Å². The van der Waals surface area contributed by atoms with E-state index in [0.717, 1.165) is 23.0 Å². The first-order valence-electron chi connectivity index (χ1n) is 4.50. The van der Waals surface area contributed by atoms with Gasteiger partial charge in [0.1, 0.15) is 0 Å². The van der Waals surface area contributed by atoms with E-state index in [0.29, 0.717) is 0 Å². The van der Waals surface area contributed by atoms with Crippen LogP contribution < -0.4 is 0 Å². The topological polar surface area (TPSA) is 33.1 Å². The third kappa shape index (κ3) is 1.51. The molecule has 1 N–H and O–H groups in total. The summed E-state index contributed by atoms with van der Waals surface area (Å²) in [5.74, 6) is 0. The van der Waals surface area contributed by atoms with Crippen LogP contribution in [0.15, 0.2) is 22.8 Å². The Morgan fingerprint density at radius 2 is 2.23 bits per heavy atom. The van der Waals surface area contributed by atoms with Gasteiger partial charge in [-0.25, -0.2) is 0 Å². The van der Waals surface area contributed by atoms with E-state index in [1.54, 1.807) is 6.20 Å². The lowest BCUT2D eigenvalue weighted by Gasteiger charge is -2.39. The fourth-order valence-corrected chi connectivity index (χ4v) is 2.02. The Kier molecular flexibility index (Phi) is 2.39. The third-order valence-corrected chi connectivity index (χ3v) is 3.35. The Bertz CT molecular complexity index is 287. The van der Waals surface area contributed by atoms with Crippen LogP contribution in [0.2, 0.25) is 0 Å². The summed E-state index contributed by atoms with van der Waals surface area (Å²) in [6, 6.07) is 3.98. The van der Waals surface area contributed by atoms with Gasteiger partial charge in [0.25, 0.3) is 0 Å². The zero-order valence-electron chi connectivity index (χ0n) is 7.33. The number of aliphatic hydroxyl groups is 1. The molecule has 0 atom stereocenters. The van der Waals surface area contributed by atoms with Gasteiger partial charge in [0, 0.05) is 21.8 Å². The standard InChI is InChI=1S/C10H12BrNO/c11-8-2-3-9(12-6-8)10(7-13)4-1-5-10/h2-3,6,13H,1,4-5,7H2. The van der Waals surface area contributed by atoms with Gasteiger partial charge in [-0.2, -0.15) is 0 Å². The van der Waals surface area contributed by atoms with E-state index in [1.807, 2.05) is 12.1 Å². The van der Waals surface area contributed by atoms with Crippen LogP contribution >= 0.6 is 15.9 Å². The molecule has 70 valence electrons. The first-order valence-corrected chi connectivity index (χ1v) is 5.29. The molecule has 0 aromatic carbocycles. The molecule has 1 aliphatic rings. The molecule has 13 heavy (non-hydrogen) atoms. The Hall–Kier alpha value is -0.410. The molecule has 0 unspecified atom stereocenters. The number of hydrogen-bond acceptors (Lipinski definition) is 2. The number of rotatable bonds is 2.